The minimum Gasteiger partial charge on any atom is -0.324 e. The van der Waals surface area contributed by atoms with Crippen molar-refractivity contribution in [3.63, 3.8) is 0 Å². The van der Waals surface area contributed by atoms with E-state index in [4.69, 9.17) is 0 Å². The summed E-state index contributed by atoms with van der Waals surface area (Å²) in [5, 5.41) is 3.00. The number of urea groups is 1. The SMILES string of the molecule is C[C@H]1CCC(=O)N1c1cccc(NC(=O)N2CCC(c3ccncc3)CC2)c1. The van der Waals surface area contributed by atoms with Crippen molar-refractivity contribution in [2.24, 2.45) is 0 Å². The third kappa shape index (κ3) is 3.86. The molecule has 2 saturated heterocycles. The summed E-state index contributed by atoms with van der Waals surface area (Å²) in [7, 11) is 0. The van der Waals surface area contributed by atoms with E-state index in [-0.39, 0.29) is 18.0 Å². The molecular weight excluding hydrogens is 352 g/mol. The Kier molecular flexibility index (Phi) is 5.28. The highest BCUT2D eigenvalue weighted by atomic mass is 16.2. The van der Waals surface area contributed by atoms with Gasteiger partial charge in [-0.15, -0.1) is 0 Å². The summed E-state index contributed by atoms with van der Waals surface area (Å²) in [6.45, 7) is 3.53. The lowest BCUT2D eigenvalue weighted by Gasteiger charge is -2.32. The fourth-order valence-electron chi connectivity index (χ4n) is 4.21. The average Bonchev–Trinajstić information content (AvgIpc) is 3.07. The van der Waals surface area contributed by atoms with Gasteiger partial charge in [-0.05, 0) is 68.0 Å². The number of pyridine rings is 1. The van der Waals surface area contributed by atoms with Crippen molar-refractivity contribution in [2.45, 2.75) is 44.6 Å². The van der Waals surface area contributed by atoms with Crippen LogP contribution in [-0.2, 0) is 4.79 Å². The fourth-order valence-corrected chi connectivity index (χ4v) is 4.21. The maximum absolute atomic E-state index is 12.7. The summed E-state index contributed by atoms with van der Waals surface area (Å²) in [5.74, 6) is 0.632. The minimum atomic E-state index is -0.0777. The van der Waals surface area contributed by atoms with Crippen molar-refractivity contribution in [1.82, 2.24) is 9.88 Å². The summed E-state index contributed by atoms with van der Waals surface area (Å²) >= 11 is 0. The van der Waals surface area contributed by atoms with Crippen molar-refractivity contribution in [1.29, 1.82) is 0 Å². The molecule has 3 heterocycles. The zero-order valence-electron chi connectivity index (χ0n) is 16.2. The Bertz CT molecular complexity index is 847. The molecule has 0 saturated carbocycles. The molecule has 3 amide bonds. The number of rotatable bonds is 3. The van der Waals surface area contributed by atoms with E-state index in [1.165, 1.54) is 5.56 Å². The number of carbonyl (C=O) groups excluding carboxylic acids is 2. The molecule has 2 fully saturated rings. The number of benzene rings is 1. The molecule has 146 valence electrons. The third-order valence-electron chi connectivity index (χ3n) is 5.82. The van der Waals surface area contributed by atoms with Crippen LogP contribution in [0.1, 0.15) is 44.1 Å². The second kappa shape index (κ2) is 8.00. The molecular formula is C22H26N4O2. The van der Waals surface area contributed by atoms with Gasteiger partial charge >= 0.3 is 6.03 Å². The Labute approximate surface area is 165 Å². The first kappa shape index (κ1) is 18.5. The highest BCUT2D eigenvalue weighted by Crippen LogP contribution is 2.30. The molecule has 0 bridgehead atoms. The maximum Gasteiger partial charge on any atom is 0.321 e. The van der Waals surface area contributed by atoms with Crippen molar-refractivity contribution in [3.8, 4) is 0 Å². The normalized spacial score (nSPS) is 20.5. The molecule has 0 spiro atoms. The highest BCUT2D eigenvalue weighted by molar-refractivity contribution is 5.97. The number of carbonyl (C=O) groups is 2. The number of nitrogens with one attached hydrogen (secondary N) is 1. The van der Waals surface area contributed by atoms with E-state index >= 15 is 0 Å². The van der Waals surface area contributed by atoms with E-state index in [9.17, 15) is 9.59 Å². The Hall–Kier alpha value is -2.89. The standard InChI is InChI=1S/C22H26N4O2/c1-16-5-6-21(27)26(16)20-4-2-3-19(15-20)24-22(28)25-13-9-18(10-14-25)17-7-11-23-12-8-17/h2-4,7-8,11-12,15-16,18H,5-6,9-10,13-14H2,1H3,(H,24,28)/t16-/m0/s1. The Morgan fingerprint density at radius 1 is 1.11 bits per heavy atom. The molecule has 1 atom stereocenters. The maximum atomic E-state index is 12.7. The number of aromatic nitrogens is 1. The molecule has 6 heteroatoms. The van der Waals surface area contributed by atoms with Crippen LogP contribution in [0.3, 0.4) is 0 Å². The van der Waals surface area contributed by atoms with Gasteiger partial charge in [0.1, 0.15) is 0 Å². The number of likely N-dealkylation sites (tertiary alicyclic amines) is 1. The Morgan fingerprint density at radius 2 is 1.86 bits per heavy atom. The summed E-state index contributed by atoms with van der Waals surface area (Å²) < 4.78 is 0. The summed E-state index contributed by atoms with van der Waals surface area (Å²) in [6, 6.07) is 11.8. The number of nitrogens with zero attached hydrogens (tertiary/aromatic N) is 3. The van der Waals surface area contributed by atoms with Gasteiger partial charge in [0.25, 0.3) is 0 Å². The molecule has 0 unspecified atom stereocenters. The van der Waals surface area contributed by atoms with Crippen LogP contribution in [0, 0.1) is 0 Å². The van der Waals surface area contributed by atoms with E-state index < -0.39 is 0 Å². The van der Waals surface area contributed by atoms with Crippen LogP contribution in [0.4, 0.5) is 16.2 Å². The van der Waals surface area contributed by atoms with E-state index in [0.717, 1.165) is 43.7 Å². The Morgan fingerprint density at radius 3 is 2.54 bits per heavy atom. The lowest BCUT2D eigenvalue weighted by atomic mass is 9.90. The van der Waals surface area contributed by atoms with E-state index in [2.05, 4.69) is 29.4 Å². The smallest absolute Gasteiger partial charge is 0.321 e. The van der Waals surface area contributed by atoms with Crippen molar-refractivity contribution in [2.75, 3.05) is 23.3 Å². The minimum absolute atomic E-state index is 0.0777. The fraction of sp³-hybridized carbons (Fsp3) is 0.409. The molecule has 6 nitrogen and oxygen atoms in total. The number of piperidine rings is 1. The van der Waals surface area contributed by atoms with Gasteiger partial charge in [0, 0.05) is 49.3 Å². The molecule has 2 aromatic rings. The zero-order valence-corrected chi connectivity index (χ0v) is 16.2. The Balaban J connectivity index is 1.37. The molecule has 2 aliphatic rings. The summed E-state index contributed by atoms with van der Waals surface area (Å²) in [5.41, 5.74) is 2.88. The van der Waals surface area contributed by atoms with Gasteiger partial charge in [-0.3, -0.25) is 9.78 Å². The van der Waals surface area contributed by atoms with Gasteiger partial charge in [-0.2, -0.15) is 0 Å². The average molecular weight is 378 g/mol. The molecule has 4 rings (SSSR count). The van der Waals surface area contributed by atoms with Gasteiger partial charge < -0.3 is 15.1 Å². The van der Waals surface area contributed by atoms with Crippen molar-refractivity contribution >= 4 is 23.3 Å². The quantitative estimate of drug-likeness (QED) is 0.878. The van der Waals surface area contributed by atoms with Crippen molar-refractivity contribution in [3.05, 3.63) is 54.4 Å². The van der Waals surface area contributed by atoms with Crippen LogP contribution in [0.15, 0.2) is 48.8 Å². The lowest BCUT2D eigenvalue weighted by molar-refractivity contribution is -0.117. The van der Waals surface area contributed by atoms with Gasteiger partial charge in [0.15, 0.2) is 0 Å². The van der Waals surface area contributed by atoms with E-state index in [1.807, 2.05) is 46.5 Å². The van der Waals surface area contributed by atoms with Crippen LogP contribution in [0.25, 0.3) is 0 Å². The van der Waals surface area contributed by atoms with Crippen molar-refractivity contribution < 1.29 is 9.59 Å². The van der Waals surface area contributed by atoms with Gasteiger partial charge in [0.2, 0.25) is 5.91 Å². The van der Waals surface area contributed by atoms with Gasteiger partial charge in [-0.25, -0.2) is 4.79 Å². The topological polar surface area (TPSA) is 65.5 Å². The predicted octanol–water partition coefficient (Wildman–Crippen LogP) is 4.01. The molecule has 1 aromatic heterocycles. The predicted molar refractivity (Wildman–Crippen MR) is 109 cm³/mol. The largest absolute Gasteiger partial charge is 0.324 e. The van der Waals surface area contributed by atoms with Crippen LogP contribution >= 0.6 is 0 Å². The number of hydrogen-bond donors (Lipinski definition) is 1. The number of amides is 3. The van der Waals surface area contributed by atoms with Crippen LogP contribution in [-0.4, -0.2) is 41.0 Å². The first-order valence-corrected chi connectivity index (χ1v) is 10.00. The third-order valence-corrected chi connectivity index (χ3v) is 5.82. The van der Waals surface area contributed by atoms with Crippen LogP contribution in [0.2, 0.25) is 0 Å². The highest BCUT2D eigenvalue weighted by Gasteiger charge is 2.29. The zero-order chi connectivity index (χ0) is 19.5. The molecule has 1 N–H and O–H groups in total. The van der Waals surface area contributed by atoms with Crippen LogP contribution in [0.5, 0.6) is 0 Å². The second-order valence-electron chi connectivity index (χ2n) is 7.67. The summed E-state index contributed by atoms with van der Waals surface area (Å²) in [6.07, 6.45) is 7.03. The first-order chi connectivity index (χ1) is 13.6. The molecule has 0 radical (unpaired) electrons. The summed E-state index contributed by atoms with van der Waals surface area (Å²) in [4.78, 5) is 32.6. The van der Waals surface area contributed by atoms with E-state index in [1.54, 1.807) is 0 Å². The molecule has 2 aliphatic heterocycles. The van der Waals surface area contributed by atoms with Gasteiger partial charge in [0.05, 0.1) is 0 Å². The van der Waals surface area contributed by atoms with Gasteiger partial charge in [-0.1, -0.05) is 6.07 Å². The number of anilines is 2. The molecule has 28 heavy (non-hydrogen) atoms. The number of hydrogen-bond acceptors (Lipinski definition) is 3. The second-order valence-corrected chi connectivity index (χ2v) is 7.67. The molecule has 0 aliphatic carbocycles. The lowest BCUT2D eigenvalue weighted by Crippen LogP contribution is -2.40. The first-order valence-electron chi connectivity index (χ1n) is 10.00. The molecule has 1 aromatic carbocycles. The monoisotopic (exact) mass is 378 g/mol. The van der Waals surface area contributed by atoms with Crippen LogP contribution < -0.4 is 10.2 Å². The van der Waals surface area contributed by atoms with E-state index in [0.29, 0.717) is 12.3 Å².